The van der Waals surface area contributed by atoms with Gasteiger partial charge in [-0.1, -0.05) is 6.42 Å². The van der Waals surface area contributed by atoms with Crippen molar-refractivity contribution in [2.24, 2.45) is 5.92 Å². The van der Waals surface area contributed by atoms with Crippen molar-refractivity contribution in [3.8, 4) is 0 Å². The third-order valence-electron chi connectivity index (χ3n) is 3.26. The van der Waals surface area contributed by atoms with Crippen molar-refractivity contribution in [1.82, 2.24) is 9.88 Å². The summed E-state index contributed by atoms with van der Waals surface area (Å²) in [4.78, 5) is 7.87. The van der Waals surface area contributed by atoms with Crippen molar-refractivity contribution >= 4 is 11.3 Å². The van der Waals surface area contributed by atoms with Crippen molar-refractivity contribution in [2.75, 3.05) is 13.6 Å². The van der Waals surface area contributed by atoms with E-state index in [4.69, 9.17) is 0 Å². The molecular weight excluding hydrogens is 220 g/mol. The molecule has 0 aromatic carbocycles. The molecule has 4 heteroatoms. The monoisotopic (exact) mass is 240 g/mol. The van der Waals surface area contributed by atoms with Crippen LogP contribution in [0, 0.1) is 12.8 Å². The number of hydrogen-bond acceptors (Lipinski definition) is 4. The van der Waals surface area contributed by atoms with E-state index in [0.717, 1.165) is 24.5 Å². The summed E-state index contributed by atoms with van der Waals surface area (Å²) < 4.78 is 0. The number of aliphatic hydroxyl groups is 1. The molecule has 1 fully saturated rings. The van der Waals surface area contributed by atoms with Crippen molar-refractivity contribution in [3.63, 3.8) is 0 Å². The van der Waals surface area contributed by atoms with E-state index < -0.39 is 0 Å². The first kappa shape index (κ1) is 12.0. The molecular formula is C12H20N2OS. The molecule has 1 heterocycles. The molecule has 0 radical (unpaired) electrons. The van der Waals surface area contributed by atoms with Crippen LogP contribution in [-0.2, 0) is 6.54 Å². The molecule has 1 aromatic heterocycles. The van der Waals surface area contributed by atoms with Crippen LogP contribution in [0.2, 0.25) is 0 Å². The minimum Gasteiger partial charge on any atom is -0.393 e. The van der Waals surface area contributed by atoms with Crippen LogP contribution in [0.15, 0.2) is 6.20 Å². The zero-order valence-electron chi connectivity index (χ0n) is 10.0. The van der Waals surface area contributed by atoms with Gasteiger partial charge in [0.15, 0.2) is 0 Å². The average molecular weight is 240 g/mol. The first-order chi connectivity index (χ1) is 7.65. The van der Waals surface area contributed by atoms with Gasteiger partial charge in [0.05, 0.1) is 11.1 Å². The number of thiazole rings is 1. The Morgan fingerprint density at radius 3 is 2.94 bits per heavy atom. The van der Waals surface area contributed by atoms with Crippen LogP contribution in [0.3, 0.4) is 0 Å². The molecule has 1 aliphatic carbocycles. The second kappa shape index (κ2) is 5.25. The van der Waals surface area contributed by atoms with Crippen molar-refractivity contribution in [2.45, 2.75) is 38.8 Å². The lowest BCUT2D eigenvalue weighted by molar-refractivity contribution is 0.108. The summed E-state index contributed by atoms with van der Waals surface area (Å²) in [6.45, 7) is 3.99. The first-order valence-corrected chi connectivity index (χ1v) is 6.74. The van der Waals surface area contributed by atoms with Gasteiger partial charge in [0.25, 0.3) is 0 Å². The van der Waals surface area contributed by atoms with Gasteiger partial charge in [0, 0.05) is 24.2 Å². The van der Waals surface area contributed by atoms with Gasteiger partial charge in [-0.15, -0.1) is 11.3 Å². The van der Waals surface area contributed by atoms with Crippen LogP contribution in [0.25, 0.3) is 0 Å². The quantitative estimate of drug-likeness (QED) is 0.875. The Kier molecular flexibility index (Phi) is 3.95. The Bertz CT molecular complexity index is 340. The molecule has 16 heavy (non-hydrogen) atoms. The van der Waals surface area contributed by atoms with Crippen LogP contribution in [0.5, 0.6) is 0 Å². The minimum absolute atomic E-state index is 0.0781. The lowest BCUT2D eigenvalue weighted by Crippen LogP contribution is -2.29. The summed E-state index contributed by atoms with van der Waals surface area (Å²) in [5, 5.41) is 10.9. The summed E-state index contributed by atoms with van der Waals surface area (Å²) in [6.07, 6.45) is 5.22. The average Bonchev–Trinajstić information content (AvgIpc) is 2.77. The Labute approximate surface area is 101 Å². The number of rotatable bonds is 4. The van der Waals surface area contributed by atoms with Gasteiger partial charge in [-0.05, 0) is 32.7 Å². The predicted molar refractivity (Wildman–Crippen MR) is 66.5 cm³/mol. The Balaban J connectivity index is 1.82. The first-order valence-electron chi connectivity index (χ1n) is 5.93. The van der Waals surface area contributed by atoms with Crippen molar-refractivity contribution in [1.29, 1.82) is 0 Å². The number of hydrogen-bond donors (Lipinski definition) is 1. The molecule has 1 saturated carbocycles. The van der Waals surface area contributed by atoms with E-state index in [1.807, 2.05) is 13.1 Å². The Morgan fingerprint density at radius 2 is 2.38 bits per heavy atom. The standard InChI is InChI=1S/C12H20N2OS/c1-9-13-6-11(16-9)8-14(2)7-10-4-3-5-12(10)15/h6,10,12,15H,3-5,7-8H2,1-2H3. The fraction of sp³-hybridized carbons (Fsp3) is 0.750. The molecule has 0 spiro atoms. The zero-order chi connectivity index (χ0) is 11.5. The lowest BCUT2D eigenvalue weighted by Gasteiger charge is -2.22. The summed E-state index contributed by atoms with van der Waals surface area (Å²) in [6, 6.07) is 0. The highest BCUT2D eigenvalue weighted by Crippen LogP contribution is 2.26. The van der Waals surface area contributed by atoms with Gasteiger partial charge >= 0.3 is 0 Å². The smallest absolute Gasteiger partial charge is 0.0897 e. The molecule has 1 aromatic rings. The van der Waals surface area contributed by atoms with Crippen molar-refractivity contribution < 1.29 is 5.11 Å². The second-order valence-corrected chi connectivity index (χ2v) is 6.12. The summed E-state index contributed by atoms with van der Waals surface area (Å²) in [7, 11) is 2.13. The largest absolute Gasteiger partial charge is 0.393 e. The van der Waals surface area contributed by atoms with Crippen LogP contribution in [0.4, 0.5) is 0 Å². The van der Waals surface area contributed by atoms with E-state index in [2.05, 4.69) is 16.9 Å². The van der Waals surface area contributed by atoms with Crippen LogP contribution >= 0.6 is 11.3 Å². The topological polar surface area (TPSA) is 36.4 Å². The van der Waals surface area contributed by atoms with Crippen molar-refractivity contribution in [3.05, 3.63) is 16.1 Å². The van der Waals surface area contributed by atoms with E-state index in [0.29, 0.717) is 5.92 Å². The van der Waals surface area contributed by atoms with Gasteiger partial charge < -0.3 is 10.0 Å². The maximum Gasteiger partial charge on any atom is 0.0897 e. The van der Waals surface area contributed by atoms with Crippen LogP contribution < -0.4 is 0 Å². The lowest BCUT2D eigenvalue weighted by atomic mass is 10.1. The fourth-order valence-electron chi connectivity index (χ4n) is 2.44. The summed E-state index contributed by atoms with van der Waals surface area (Å²) in [5.41, 5.74) is 0. The van der Waals surface area contributed by atoms with Gasteiger partial charge in [0.1, 0.15) is 0 Å². The molecule has 0 bridgehead atoms. The molecule has 1 aliphatic rings. The van der Waals surface area contributed by atoms with E-state index in [9.17, 15) is 5.11 Å². The molecule has 2 unspecified atom stereocenters. The minimum atomic E-state index is -0.0781. The van der Waals surface area contributed by atoms with E-state index in [1.165, 1.54) is 17.7 Å². The highest BCUT2D eigenvalue weighted by Gasteiger charge is 2.26. The second-order valence-electron chi connectivity index (χ2n) is 4.80. The maximum absolute atomic E-state index is 9.77. The third kappa shape index (κ3) is 3.03. The normalized spacial score (nSPS) is 25.5. The number of aromatic nitrogens is 1. The molecule has 90 valence electrons. The number of nitrogens with zero attached hydrogens (tertiary/aromatic N) is 2. The van der Waals surface area contributed by atoms with E-state index in [1.54, 1.807) is 11.3 Å². The highest BCUT2D eigenvalue weighted by molar-refractivity contribution is 7.11. The number of aliphatic hydroxyl groups excluding tert-OH is 1. The fourth-order valence-corrected chi connectivity index (χ4v) is 3.31. The van der Waals surface area contributed by atoms with E-state index >= 15 is 0 Å². The van der Waals surface area contributed by atoms with Gasteiger partial charge in [0.2, 0.25) is 0 Å². The molecule has 2 atom stereocenters. The van der Waals surface area contributed by atoms with Crippen LogP contribution in [0.1, 0.15) is 29.1 Å². The predicted octanol–water partition coefficient (Wildman–Crippen LogP) is 2.04. The molecule has 0 amide bonds. The summed E-state index contributed by atoms with van der Waals surface area (Å²) in [5.74, 6) is 0.471. The molecule has 0 aliphatic heterocycles. The molecule has 2 rings (SSSR count). The SMILES string of the molecule is Cc1ncc(CN(C)CC2CCCC2O)s1. The molecule has 1 N–H and O–H groups in total. The highest BCUT2D eigenvalue weighted by atomic mass is 32.1. The van der Waals surface area contributed by atoms with E-state index in [-0.39, 0.29) is 6.10 Å². The third-order valence-corrected chi connectivity index (χ3v) is 4.16. The van der Waals surface area contributed by atoms with Gasteiger partial charge in [-0.2, -0.15) is 0 Å². The number of aryl methyl sites for hydroxylation is 1. The Hall–Kier alpha value is -0.450. The maximum atomic E-state index is 9.77. The zero-order valence-corrected chi connectivity index (χ0v) is 10.8. The summed E-state index contributed by atoms with van der Waals surface area (Å²) >= 11 is 1.76. The Morgan fingerprint density at radius 1 is 1.56 bits per heavy atom. The van der Waals surface area contributed by atoms with Gasteiger partial charge in [-0.3, -0.25) is 0 Å². The van der Waals surface area contributed by atoms with Gasteiger partial charge in [-0.25, -0.2) is 4.98 Å². The molecule has 0 saturated heterocycles. The van der Waals surface area contributed by atoms with Crippen LogP contribution in [-0.4, -0.2) is 34.7 Å². The molecule has 3 nitrogen and oxygen atoms in total.